The first-order valence-electron chi connectivity index (χ1n) is 8.40. The fourth-order valence-corrected chi connectivity index (χ4v) is 2.78. The van der Waals surface area contributed by atoms with Crippen LogP contribution in [0.1, 0.15) is 59.7 Å². The lowest BCUT2D eigenvalue weighted by atomic mass is 10.1. The van der Waals surface area contributed by atoms with Crippen molar-refractivity contribution in [3.8, 4) is 5.75 Å². The molecular weight excluding hydrogens is 276 g/mol. The molecule has 0 amide bonds. The predicted molar refractivity (Wildman–Crippen MR) is 92.3 cm³/mol. The Kier molecular flexibility index (Phi) is 7.14. The van der Waals surface area contributed by atoms with Gasteiger partial charge in [-0.2, -0.15) is 0 Å². The molecule has 1 aromatic rings. The number of pyridine rings is 1. The SMILES string of the molecule is CCC(C)n1cc(O)c(=O)cc1CN(CC(C)C)CC(C)C. The molecule has 1 unspecified atom stereocenters. The third-order valence-corrected chi connectivity index (χ3v) is 3.84. The molecule has 0 aromatic carbocycles. The van der Waals surface area contributed by atoms with Gasteiger partial charge in [0.2, 0.25) is 5.43 Å². The lowest BCUT2D eigenvalue weighted by molar-refractivity contribution is 0.204. The Labute approximate surface area is 134 Å². The summed E-state index contributed by atoms with van der Waals surface area (Å²) in [6.45, 7) is 15.8. The molecule has 4 nitrogen and oxygen atoms in total. The minimum absolute atomic E-state index is 0.164. The van der Waals surface area contributed by atoms with Gasteiger partial charge in [0.1, 0.15) is 0 Å². The first-order chi connectivity index (χ1) is 10.2. The van der Waals surface area contributed by atoms with Crippen molar-refractivity contribution in [2.75, 3.05) is 13.1 Å². The van der Waals surface area contributed by atoms with Gasteiger partial charge in [-0.15, -0.1) is 0 Å². The highest BCUT2D eigenvalue weighted by molar-refractivity contribution is 5.21. The van der Waals surface area contributed by atoms with Gasteiger partial charge < -0.3 is 9.67 Å². The van der Waals surface area contributed by atoms with E-state index < -0.39 is 0 Å². The van der Waals surface area contributed by atoms with Gasteiger partial charge in [0.15, 0.2) is 5.75 Å². The second kappa shape index (κ2) is 8.37. The van der Waals surface area contributed by atoms with Crippen molar-refractivity contribution >= 4 is 0 Å². The van der Waals surface area contributed by atoms with E-state index in [1.165, 1.54) is 0 Å². The number of rotatable bonds is 8. The molecule has 0 fully saturated rings. The van der Waals surface area contributed by atoms with Crippen LogP contribution in [0.3, 0.4) is 0 Å². The lowest BCUT2D eigenvalue weighted by Crippen LogP contribution is -2.33. The normalized spacial score (nSPS) is 13.3. The van der Waals surface area contributed by atoms with E-state index in [4.69, 9.17) is 0 Å². The fourth-order valence-electron chi connectivity index (χ4n) is 2.78. The van der Waals surface area contributed by atoms with Gasteiger partial charge in [-0.3, -0.25) is 9.69 Å². The highest BCUT2D eigenvalue weighted by Crippen LogP contribution is 2.18. The largest absolute Gasteiger partial charge is 0.503 e. The van der Waals surface area contributed by atoms with Gasteiger partial charge in [0.25, 0.3) is 0 Å². The lowest BCUT2D eigenvalue weighted by Gasteiger charge is -2.28. The van der Waals surface area contributed by atoms with Gasteiger partial charge in [-0.1, -0.05) is 34.6 Å². The summed E-state index contributed by atoms with van der Waals surface area (Å²) in [5, 5.41) is 9.75. The fraction of sp³-hybridized carbons (Fsp3) is 0.722. The maximum Gasteiger partial charge on any atom is 0.223 e. The molecule has 1 rings (SSSR count). The topological polar surface area (TPSA) is 45.5 Å². The third-order valence-electron chi connectivity index (χ3n) is 3.84. The average Bonchev–Trinajstić information content (AvgIpc) is 2.40. The summed E-state index contributed by atoms with van der Waals surface area (Å²) in [6.07, 6.45) is 2.55. The number of aromatic hydroxyl groups is 1. The van der Waals surface area contributed by atoms with Crippen LogP contribution in [0, 0.1) is 11.8 Å². The van der Waals surface area contributed by atoms with E-state index in [0.29, 0.717) is 11.8 Å². The second-order valence-corrected chi connectivity index (χ2v) is 7.16. The quantitative estimate of drug-likeness (QED) is 0.797. The molecule has 0 saturated carbocycles. The van der Waals surface area contributed by atoms with E-state index in [2.05, 4.69) is 46.4 Å². The molecule has 1 heterocycles. The Hall–Kier alpha value is -1.29. The number of hydrogen-bond donors (Lipinski definition) is 1. The highest BCUT2D eigenvalue weighted by atomic mass is 16.3. The number of aromatic nitrogens is 1. The van der Waals surface area contributed by atoms with Gasteiger partial charge in [0, 0.05) is 37.4 Å². The first-order valence-corrected chi connectivity index (χ1v) is 8.40. The molecule has 22 heavy (non-hydrogen) atoms. The average molecular weight is 308 g/mol. The third kappa shape index (κ3) is 5.48. The van der Waals surface area contributed by atoms with Crippen molar-refractivity contribution in [3.63, 3.8) is 0 Å². The zero-order valence-corrected chi connectivity index (χ0v) is 15.0. The minimum Gasteiger partial charge on any atom is -0.503 e. The molecule has 0 spiro atoms. The molecule has 0 aliphatic carbocycles. The van der Waals surface area contributed by atoms with Crippen molar-refractivity contribution in [3.05, 3.63) is 28.2 Å². The smallest absolute Gasteiger partial charge is 0.223 e. The summed E-state index contributed by atoms with van der Waals surface area (Å²) in [6, 6.07) is 1.86. The van der Waals surface area contributed by atoms with E-state index >= 15 is 0 Å². The second-order valence-electron chi connectivity index (χ2n) is 7.16. The van der Waals surface area contributed by atoms with Crippen LogP contribution in [0.4, 0.5) is 0 Å². The Balaban J connectivity index is 3.11. The van der Waals surface area contributed by atoms with Crippen LogP contribution in [-0.2, 0) is 6.54 Å². The monoisotopic (exact) mass is 308 g/mol. The van der Waals surface area contributed by atoms with Crippen molar-refractivity contribution in [1.82, 2.24) is 9.47 Å². The van der Waals surface area contributed by atoms with Crippen LogP contribution in [-0.4, -0.2) is 27.7 Å². The molecule has 0 aliphatic heterocycles. The van der Waals surface area contributed by atoms with Gasteiger partial charge in [-0.25, -0.2) is 0 Å². The van der Waals surface area contributed by atoms with Crippen LogP contribution in [0.15, 0.2) is 17.1 Å². The maximum atomic E-state index is 11.8. The zero-order chi connectivity index (χ0) is 16.9. The Morgan fingerprint density at radius 3 is 2.14 bits per heavy atom. The van der Waals surface area contributed by atoms with Crippen LogP contribution in [0.5, 0.6) is 5.75 Å². The Morgan fingerprint density at radius 1 is 1.14 bits per heavy atom. The van der Waals surface area contributed by atoms with E-state index in [-0.39, 0.29) is 17.2 Å². The zero-order valence-electron chi connectivity index (χ0n) is 15.0. The molecule has 1 atom stereocenters. The molecule has 1 N–H and O–H groups in total. The minimum atomic E-state index is -0.288. The number of nitrogens with zero attached hydrogens (tertiary/aromatic N) is 2. The summed E-state index contributed by atoms with van der Waals surface area (Å²) < 4.78 is 2.05. The predicted octanol–water partition coefficient (Wildman–Crippen LogP) is 3.64. The molecule has 1 aromatic heterocycles. The van der Waals surface area contributed by atoms with Crippen LogP contribution >= 0.6 is 0 Å². The van der Waals surface area contributed by atoms with Gasteiger partial charge in [-0.05, 0) is 25.2 Å². The van der Waals surface area contributed by atoms with Gasteiger partial charge in [0.05, 0.1) is 6.20 Å². The van der Waals surface area contributed by atoms with Crippen molar-refractivity contribution in [2.45, 2.75) is 60.5 Å². The Bertz CT molecular complexity index is 510. The van der Waals surface area contributed by atoms with E-state index in [0.717, 1.165) is 31.7 Å². The van der Waals surface area contributed by atoms with Crippen LogP contribution in [0.25, 0.3) is 0 Å². The van der Waals surface area contributed by atoms with Crippen molar-refractivity contribution < 1.29 is 5.11 Å². The maximum absolute atomic E-state index is 11.8. The van der Waals surface area contributed by atoms with E-state index in [1.54, 1.807) is 12.3 Å². The Morgan fingerprint density at radius 2 is 1.68 bits per heavy atom. The number of hydrogen-bond acceptors (Lipinski definition) is 3. The molecule has 0 bridgehead atoms. The highest BCUT2D eigenvalue weighted by Gasteiger charge is 2.15. The van der Waals surface area contributed by atoms with Gasteiger partial charge >= 0.3 is 0 Å². The molecule has 0 radical (unpaired) electrons. The molecule has 0 saturated heterocycles. The van der Waals surface area contributed by atoms with E-state index in [9.17, 15) is 9.90 Å². The first kappa shape index (κ1) is 18.8. The molecule has 4 heteroatoms. The molecule has 126 valence electrons. The standard InChI is InChI=1S/C18H32N2O2/c1-7-15(6)20-12-18(22)17(21)8-16(20)11-19(9-13(2)3)10-14(4)5/h8,12-15,22H,7,9-11H2,1-6H3. The summed E-state index contributed by atoms with van der Waals surface area (Å²) in [7, 11) is 0. The van der Waals surface area contributed by atoms with E-state index in [1.807, 2.05) is 4.57 Å². The van der Waals surface area contributed by atoms with Crippen LogP contribution < -0.4 is 5.43 Å². The van der Waals surface area contributed by atoms with Crippen LogP contribution in [0.2, 0.25) is 0 Å². The summed E-state index contributed by atoms with van der Waals surface area (Å²) in [5.41, 5.74) is 0.696. The van der Waals surface area contributed by atoms with Crippen molar-refractivity contribution in [1.29, 1.82) is 0 Å². The molecular formula is C18H32N2O2. The summed E-state index contributed by atoms with van der Waals surface area (Å²) in [5.74, 6) is 1.00. The van der Waals surface area contributed by atoms with Crippen molar-refractivity contribution in [2.24, 2.45) is 11.8 Å². The summed E-state index contributed by atoms with van der Waals surface area (Å²) >= 11 is 0. The molecule has 0 aliphatic rings. The summed E-state index contributed by atoms with van der Waals surface area (Å²) in [4.78, 5) is 14.2.